The molecular formula is C9H10BrNOS. The van der Waals surface area contributed by atoms with Crippen molar-refractivity contribution in [1.82, 2.24) is 0 Å². The third-order valence-corrected chi connectivity index (χ3v) is 3.19. The van der Waals surface area contributed by atoms with E-state index in [1.54, 1.807) is 6.92 Å². The number of halogens is 1. The summed E-state index contributed by atoms with van der Waals surface area (Å²) >= 11 is 4.80. The van der Waals surface area contributed by atoms with Crippen LogP contribution in [-0.4, -0.2) is 11.2 Å². The number of rotatable bonds is 3. The highest BCUT2D eigenvalue weighted by Gasteiger charge is 2.09. The molecule has 1 amide bonds. The van der Waals surface area contributed by atoms with Crippen LogP contribution in [0.1, 0.15) is 6.92 Å². The van der Waals surface area contributed by atoms with Gasteiger partial charge in [0.05, 0.1) is 5.25 Å². The summed E-state index contributed by atoms with van der Waals surface area (Å²) in [5, 5.41) is -0.179. The third kappa shape index (κ3) is 3.40. The van der Waals surface area contributed by atoms with Gasteiger partial charge in [0, 0.05) is 9.37 Å². The zero-order valence-corrected chi connectivity index (χ0v) is 9.56. The van der Waals surface area contributed by atoms with Gasteiger partial charge in [0.1, 0.15) is 0 Å². The fourth-order valence-corrected chi connectivity index (χ4v) is 1.86. The molecule has 0 aliphatic carbocycles. The Labute approximate surface area is 90.0 Å². The predicted molar refractivity (Wildman–Crippen MR) is 58.7 cm³/mol. The third-order valence-electron chi connectivity index (χ3n) is 1.53. The highest BCUT2D eigenvalue weighted by molar-refractivity contribution is 9.10. The zero-order chi connectivity index (χ0) is 9.84. The van der Waals surface area contributed by atoms with Crippen molar-refractivity contribution in [3.8, 4) is 0 Å². The standard InChI is InChI=1S/C9H10BrNOS/c1-6(9(11)12)13-8-4-2-7(10)3-5-8/h2-6H,1H3,(H2,11,12)/t6-/m0/s1. The SMILES string of the molecule is C[C@H](Sc1ccc(Br)cc1)C(N)=O. The van der Waals surface area contributed by atoms with E-state index in [4.69, 9.17) is 5.73 Å². The molecule has 2 N–H and O–H groups in total. The fourth-order valence-electron chi connectivity index (χ4n) is 0.775. The molecule has 0 aliphatic heterocycles. The van der Waals surface area contributed by atoms with Crippen molar-refractivity contribution in [3.05, 3.63) is 28.7 Å². The van der Waals surface area contributed by atoms with E-state index in [2.05, 4.69) is 15.9 Å². The van der Waals surface area contributed by atoms with Crippen LogP contribution in [0, 0.1) is 0 Å². The van der Waals surface area contributed by atoms with Gasteiger partial charge in [-0.15, -0.1) is 11.8 Å². The average molecular weight is 260 g/mol. The van der Waals surface area contributed by atoms with E-state index in [9.17, 15) is 4.79 Å². The topological polar surface area (TPSA) is 43.1 Å². The van der Waals surface area contributed by atoms with Crippen LogP contribution in [0.4, 0.5) is 0 Å². The number of thioether (sulfide) groups is 1. The summed E-state index contributed by atoms with van der Waals surface area (Å²) in [6.07, 6.45) is 0. The minimum atomic E-state index is -0.284. The number of benzene rings is 1. The van der Waals surface area contributed by atoms with Gasteiger partial charge in [0.25, 0.3) is 0 Å². The molecule has 4 heteroatoms. The van der Waals surface area contributed by atoms with Crippen molar-refractivity contribution in [3.63, 3.8) is 0 Å². The second-order valence-corrected chi connectivity index (χ2v) is 4.95. The van der Waals surface area contributed by atoms with Crippen molar-refractivity contribution in [1.29, 1.82) is 0 Å². The highest BCUT2D eigenvalue weighted by atomic mass is 79.9. The van der Waals surface area contributed by atoms with E-state index in [1.165, 1.54) is 11.8 Å². The monoisotopic (exact) mass is 259 g/mol. The second kappa shape index (κ2) is 4.67. The first kappa shape index (κ1) is 10.6. The van der Waals surface area contributed by atoms with Crippen LogP contribution in [-0.2, 0) is 4.79 Å². The number of amides is 1. The highest BCUT2D eigenvalue weighted by Crippen LogP contribution is 2.24. The van der Waals surface area contributed by atoms with Crippen molar-refractivity contribution < 1.29 is 4.79 Å². The van der Waals surface area contributed by atoms with Gasteiger partial charge in [-0.2, -0.15) is 0 Å². The smallest absolute Gasteiger partial charge is 0.230 e. The quantitative estimate of drug-likeness (QED) is 0.848. The number of hydrogen-bond acceptors (Lipinski definition) is 2. The summed E-state index contributed by atoms with van der Waals surface area (Å²) in [7, 11) is 0. The van der Waals surface area contributed by atoms with Crippen molar-refractivity contribution in [2.75, 3.05) is 0 Å². The molecular weight excluding hydrogens is 250 g/mol. The normalized spacial score (nSPS) is 12.5. The van der Waals surface area contributed by atoms with Crippen LogP contribution < -0.4 is 5.73 Å². The van der Waals surface area contributed by atoms with Crippen molar-refractivity contribution >= 4 is 33.6 Å². The second-order valence-electron chi connectivity index (χ2n) is 2.62. The Bertz CT molecular complexity index is 299. The summed E-state index contributed by atoms with van der Waals surface area (Å²) in [6, 6.07) is 7.79. The van der Waals surface area contributed by atoms with Crippen LogP contribution in [0.15, 0.2) is 33.6 Å². The molecule has 0 spiro atoms. The van der Waals surface area contributed by atoms with Crippen LogP contribution in [0.25, 0.3) is 0 Å². The molecule has 2 nitrogen and oxygen atoms in total. The molecule has 1 atom stereocenters. The maximum Gasteiger partial charge on any atom is 0.230 e. The molecule has 0 unspecified atom stereocenters. The maximum atomic E-state index is 10.8. The molecule has 13 heavy (non-hydrogen) atoms. The van der Waals surface area contributed by atoms with Gasteiger partial charge in [-0.1, -0.05) is 15.9 Å². The first-order valence-corrected chi connectivity index (χ1v) is 5.48. The number of nitrogens with two attached hydrogens (primary N) is 1. The first-order chi connectivity index (χ1) is 6.09. The van der Waals surface area contributed by atoms with E-state index >= 15 is 0 Å². The Morgan fingerprint density at radius 3 is 2.46 bits per heavy atom. The molecule has 0 fully saturated rings. The maximum absolute atomic E-state index is 10.8. The van der Waals surface area contributed by atoms with Gasteiger partial charge in [-0.3, -0.25) is 4.79 Å². The number of carbonyl (C=O) groups is 1. The number of primary amides is 1. The van der Waals surface area contributed by atoms with Crippen molar-refractivity contribution in [2.24, 2.45) is 5.73 Å². The molecule has 70 valence electrons. The minimum absolute atomic E-state index is 0.179. The molecule has 1 aromatic rings. The van der Waals surface area contributed by atoms with E-state index in [-0.39, 0.29) is 11.2 Å². The summed E-state index contributed by atoms with van der Waals surface area (Å²) < 4.78 is 1.03. The van der Waals surface area contributed by atoms with Gasteiger partial charge in [0.2, 0.25) is 5.91 Å². The Morgan fingerprint density at radius 1 is 1.46 bits per heavy atom. The molecule has 1 rings (SSSR count). The molecule has 0 aromatic heterocycles. The lowest BCUT2D eigenvalue weighted by atomic mass is 10.4. The molecule has 0 bridgehead atoms. The van der Waals surface area contributed by atoms with Gasteiger partial charge in [-0.05, 0) is 31.2 Å². The fraction of sp³-hybridized carbons (Fsp3) is 0.222. The summed E-state index contributed by atoms with van der Waals surface area (Å²) in [5.41, 5.74) is 5.14. The number of hydrogen-bond donors (Lipinski definition) is 1. The van der Waals surface area contributed by atoms with E-state index < -0.39 is 0 Å². The summed E-state index contributed by atoms with van der Waals surface area (Å²) in [6.45, 7) is 1.80. The zero-order valence-electron chi connectivity index (χ0n) is 7.16. The Morgan fingerprint density at radius 2 is 2.00 bits per heavy atom. The van der Waals surface area contributed by atoms with Crippen LogP contribution in [0.5, 0.6) is 0 Å². The Kier molecular flexibility index (Phi) is 3.81. The van der Waals surface area contributed by atoms with E-state index in [1.807, 2.05) is 24.3 Å². The van der Waals surface area contributed by atoms with E-state index in [0.717, 1.165) is 9.37 Å². The molecule has 0 radical (unpaired) electrons. The number of carbonyl (C=O) groups excluding carboxylic acids is 1. The lowest BCUT2D eigenvalue weighted by Crippen LogP contribution is -2.22. The summed E-state index contributed by atoms with van der Waals surface area (Å²) in [4.78, 5) is 11.8. The van der Waals surface area contributed by atoms with Crippen molar-refractivity contribution in [2.45, 2.75) is 17.1 Å². The largest absolute Gasteiger partial charge is 0.369 e. The van der Waals surface area contributed by atoms with E-state index in [0.29, 0.717) is 0 Å². The summed E-state index contributed by atoms with van der Waals surface area (Å²) in [5.74, 6) is -0.284. The molecule has 0 aliphatic rings. The molecule has 0 saturated heterocycles. The molecule has 1 aromatic carbocycles. The molecule has 0 saturated carbocycles. The molecule has 0 heterocycles. The van der Waals surface area contributed by atoms with Gasteiger partial charge >= 0.3 is 0 Å². The average Bonchev–Trinajstić information content (AvgIpc) is 2.08. The first-order valence-electron chi connectivity index (χ1n) is 3.81. The van der Waals surface area contributed by atoms with Crippen LogP contribution in [0.3, 0.4) is 0 Å². The Balaban J connectivity index is 2.64. The van der Waals surface area contributed by atoms with Gasteiger partial charge in [-0.25, -0.2) is 0 Å². The van der Waals surface area contributed by atoms with Crippen LogP contribution in [0.2, 0.25) is 0 Å². The lowest BCUT2D eigenvalue weighted by Gasteiger charge is -2.06. The Hall–Kier alpha value is -0.480. The minimum Gasteiger partial charge on any atom is -0.369 e. The predicted octanol–water partition coefficient (Wildman–Crippen LogP) is 2.42. The van der Waals surface area contributed by atoms with Gasteiger partial charge < -0.3 is 5.73 Å². The van der Waals surface area contributed by atoms with Crippen LogP contribution >= 0.6 is 27.7 Å². The lowest BCUT2D eigenvalue weighted by molar-refractivity contribution is -0.117. The van der Waals surface area contributed by atoms with Gasteiger partial charge in [0.15, 0.2) is 0 Å².